The molecule has 0 bridgehead atoms. The molecule has 5 N–H and O–H groups in total. The Balaban J connectivity index is 1.57. The third-order valence-electron chi connectivity index (χ3n) is 6.65. The predicted octanol–water partition coefficient (Wildman–Crippen LogP) is 4.52. The van der Waals surface area contributed by atoms with Crippen LogP contribution in [0.3, 0.4) is 0 Å². The smallest absolute Gasteiger partial charge is 0.319 e. The van der Waals surface area contributed by atoms with Crippen molar-refractivity contribution in [2.75, 3.05) is 16.4 Å². The Morgan fingerprint density at radius 1 is 1.21 bits per heavy atom. The van der Waals surface area contributed by atoms with Gasteiger partial charge < -0.3 is 21.7 Å². The minimum Gasteiger partial charge on any atom is -0.382 e. The van der Waals surface area contributed by atoms with E-state index in [4.69, 9.17) is 22.3 Å². The molecule has 0 saturated heterocycles. The first kappa shape index (κ1) is 25.9. The Morgan fingerprint density at radius 3 is 2.74 bits per heavy atom. The number of halogens is 1. The third-order valence-corrected chi connectivity index (χ3v) is 6.97. The fourth-order valence-corrected chi connectivity index (χ4v) is 5.03. The van der Waals surface area contributed by atoms with E-state index in [1.165, 1.54) is 10.9 Å². The molecule has 1 atom stereocenters. The first-order chi connectivity index (χ1) is 18.9. The molecule has 1 aliphatic rings. The van der Waals surface area contributed by atoms with E-state index < -0.39 is 6.04 Å². The van der Waals surface area contributed by atoms with Crippen LogP contribution in [0, 0.1) is 11.3 Å². The second-order valence-electron chi connectivity index (χ2n) is 9.34. The maximum atomic E-state index is 13.9. The van der Waals surface area contributed by atoms with Gasteiger partial charge in [-0.3, -0.25) is 9.36 Å². The molecule has 0 aliphatic heterocycles. The van der Waals surface area contributed by atoms with E-state index in [9.17, 15) is 14.9 Å². The van der Waals surface area contributed by atoms with E-state index in [0.717, 1.165) is 25.7 Å². The molecule has 198 valence electrons. The van der Waals surface area contributed by atoms with E-state index in [2.05, 4.69) is 25.9 Å². The zero-order valence-corrected chi connectivity index (χ0v) is 21.9. The van der Waals surface area contributed by atoms with Crippen molar-refractivity contribution < 1.29 is 4.79 Å². The summed E-state index contributed by atoms with van der Waals surface area (Å²) in [6.07, 6.45) is 5.39. The van der Waals surface area contributed by atoms with Crippen LogP contribution in [0.25, 0.3) is 16.6 Å². The third kappa shape index (κ3) is 5.32. The van der Waals surface area contributed by atoms with Gasteiger partial charge in [0.2, 0.25) is 0 Å². The highest BCUT2D eigenvalue weighted by Gasteiger charge is 2.22. The van der Waals surface area contributed by atoms with Crippen LogP contribution >= 0.6 is 11.6 Å². The maximum absolute atomic E-state index is 13.9. The number of nitrogens with two attached hydrogens (primary N) is 1. The monoisotopic (exact) mass is 543 g/mol. The molecule has 0 unspecified atom stereocenters. The Labute approximate surface area is 229 Å². The average Bonchev–Trinajstić information content (AvgIpc) is 3.41. The van der Waals surface area contributed by atoms with Crippen LogP contribution in [-0.2, 0) is 0 Å². The Hall–Kier alpha value is -4.69. The van der Waals surface area contributed by atoms with Crippen LogP contribution in [0.4, 0.5) is 22.1 Å². The van der Waals surface area contributed by atoms with Crippen LogP contribution in [0.1, 0.15) is 50.0 Å². The van der Waals surface area contributed by atoms with Crippen LogP contribution in [-0.4, -0.2) is 31.6 Å². The van der Waals surface area contributed by atoms with Gasteiger partial charge in [-0.15, -0.1) is 0 Å². The molecule has 2 aromatic carbocycles. The number of benzene rings is 2. The van der Waals surface area contributed by atoms with Crippen molar-refractivity contribution in [3.8, 4) is 11.8 Å². The van der Waals surface area contributed by atoms with Crippen molar-refractivity contribution in [3.05, 3.63) is 75.6 Å². The molecule has 11 nitrogen and oxygen atoms in total. The van der Waals surface area contributed by atoms with E-state index in [0.29, 0.717) is 22.7 Å². The number of nitrogen functional groups attached to an aromatic ring is 1. The van der Waals surface area contributed by atoms with Gasteiger partial charge in [0.05, 0.1) is 27.7 Å². The summed E-state index contributed by atoms with van der Waals surface area (Å²) in [5.41, 5.74) is 6.95. The molecule has 1 aliphatic carbocycles. The van der Waals surface area contributed by atoms with Gasteiger partial charge in [-0.25, -0.2) is 19.7 Å². The quantitative estimate of drug-likeness (QED) is 0.275. The number of hydrogen-bond acceptors (Lipinski definition) is 8. The van der Waals surface area contributed by atoms with Crippen LogP contribution in [0.15, 0.2) is 53.6 Å². The Morgan fingerprint density at radius 2 is 1.97 bits per heavy atom. The number of aromatic nitrogens is 4. The van der Waals surface area contributed by atoms with E-state index in [1.54, 1.807) is 49.4 Å². The Kier molecular flexibility index (Phi) is 7.29. The van der Waals surface area contributed by atoms with Crippen molar-refractivity contribution in [3.63, 3.8) is 0 Å². The summed E-state index contributed by atoms with van der Waals surface area (Å²) in [7, 11) is 0. The lowest BCUT2D eigenvalue weighted by Gasteiger charge is -2.21. The molecule has 1 saturated carbocycles. The molecule has 2 heterocycles. The average molecular weight is 544 g/mol. The number of fused-ring (bicyclic) bond motifs is 1. The van der Waals surface area contributed by atoms with Gasteiger partial charge in [-0.1, -0.05) is 36.6 Å². The number of amides is 2. The van der Waals surface area contributed by atoms with Gasteiger partial charge in [0.15, 0.2) is 0 Å². The summed E-state index contributed by atoms with van der Waals surface area (Å²) in [5.74, 6) is 0.583. The first-order valence-electron chi connectivity index (χ1n) is 12.5. The van der Waals surface area contributed by atoms with Gasteiger partial charge in [0.1, 0.15) is 35.4 Å². The van der Waals surface area contributed by atoms with Gasteiger partial charge in [0, 0.05) is 11.7 Å². The van der Waals surface area contributed by atoms with Crippen molar-refractivity contribution >= 4 is 45.9 Å². The minimum atomic E-state index is -0.607. The standard InChI is InChI=1S/C27H26ClN9O2/c1-15(33-24-19(13-29)23(30)31-14-32-24)25-36-21-11-5-10-20(28)22(21)26(38)37(25)18-9-4-8-17(12-18)35-27(39)34-16-6-2-3-7-16/h4-5,8-12,14-16H,2-3,6-7H2,1H3,(H2,34,35,39)(H3,30,31,32,33)/t15-/m0/s1. The van der Waals surface area contributed by atoms with E-state index >= 15 is 0 Å². The molecule has 39 heavy (non-hydrogen) atoms. The summed E-state index contributed by atoms with van der Waals surface area (Å²) >= 11 is 6.42. The molecule has 0 spiro atoms. The summed E-state index contributed by atoms with van der Waals surface area (Å²) in [4.78, 5) is 39.3. The van der Waals surface area contributed by atoms with Gasteiger partial charge >= 0.3 is 6.03 Å². The van der Waals surface area contributed by atoms with Gasteiger partial charge in [0.25, 0.3) is 5.56 Å². The first-order valence-corrected chi connectivity index (χ1v) is 12.9. The minimum absolute atomic E-state index is 0.0347. The molecule has 1 fully saturated rings. The summed E-state index contributed by atoms with van der Waals surface area (Å²) in [5, 5.41) is 19.1. The number of nitrogens with one attached hydrogen (secondary N) is 3. The number of nitrogens with zero attached hydrogens (tertiary/aromatic N) is 5. The van der Waals surface area contributed by atoms with E-state index in [-0.39, 0.29) is 45.2 Å². The number of hydrogen-bond donors (Lipinski definition) is 4. The molecule has 12 heteroatoms. The highest BCUT2D eigenvalue weighted by molar-refractivity contribution is 6.35. The zero-order valence-electron chi connectivity index (χ0n) is 21.1. The fraction of sp³-hybridized carbons (Fsp3) is 0.259. The molecular weight excluding hydrogens is 518 g/mol. The summed E-state index contributed by atoms with van der Waals surface area (Å²) in [6, 6.07) is 13.2. The van der Waals surface area contributed by atoms with Crippen molar-refractivity contribution in [1.82, 2.24) is 24.8 Å². The summed E-state index contributed by atoms with van der Waals surface area (Å²) in [6.45, 7) is 1.78. The lowest BCUT2D eigenvalue weighted by molar-refractivity contribution is 0.248. The fourth-order valence-electron chi connectivity index (χ4n) is 4.78. The number of carbonyl (C=O) groups is 1. The topological polar surface area (TPSA) is 164 Å². The number of nitriles is 1. The van der Waals surface area contributed by atoms with Crippen LogP contribution in [0.2, 0.25) is 5.02 Å². The molecular formula is C27H26ClN9O2. The lowest BCUT2D eigenvalue weighted by atomic mass is 10.2. The molecule has 0 radical (unpaired) electrons. The van der Waals surface area contributed by atoms with Crippen molar-refractivity contribution in [1.29, 1.82) is 5.26 Å². The highest BCUT2D eigenvalue weighted by Crippen LogP contribution is 2.27. The number of urea groups is 1. The van der Waals surface area contributed by atoms with Crippen molar-refractivity contribution in [2.45, 2.75) is 44.7 Å². The van der Waals surface area contributed by atoms with Crippen LogP contribution in [0.5, 0.6) is 0 Å². The molecule has 5 rings (SSSR count). The van der Waals surface area contributed by atoms with Crippen LogP contribution < -0.4 is 27.2 Å². The largest absolute Gasteiger partial charge is 0.382 e. The maximum Gasteiger partial charge on any atom is 0.319 e. The number of anilines is 3. The molecule has 2 aromatic heterocycles. The SMILES string of the molecule is C[C@H](Nc1ncnc(N)c1C#N)c1nc2cccc(Cl)c2c(=O)n1-c1cccc(NC(=O)NC2CCCC2)c1. The summed E-state index contributed by atoms with van der Waals surface area (Å²) < 4.78 is 1.43. The number of rotatable bonds is 6. The van der Waals surface area contributed by atoms with Gasteiger partial charge in [-0.2, -0.15) is 5.26 Å². The zero-order chi connectivity index (χ0) is 27.5. The number of carbonyl (C=O) groups excluding carboxylic acids is 1. The lowest BCUT2D eigenvalue weighted by Crippen LogP contribution is -2.36. The highest BCUT2D eigenvalue weighted by atomic mass is 35.5. The van der Waals surface area contributed by atoms with E-state index in [1.807, 2.05) is 6.07 Å². The van der Waals surface area contributed by atoms with Gasteiger partial charge in [-0.05, 0) is 50.1 Å². The second kappa shape index (κ2) is 11.0. The Bertz CT molecular complexity index is 1660. The molecule has 4 aromatic rings. The van der Waals surface area contributed by atoms with Crippen molar-refractivity contribution in [2.24, 2.45) is 0 Å². The second-order valence-corrected chi connectivity index (χ2v) is 9.74. The molecule has 2 amide bonds. The predicted molar refractivity (Wildman–Crippen MR) is 150 cm³/mol. The normalized spacial score (nSPS) is 14.1.